The van der Waals surface area contributed by atoms with Crippen molar-refractivity contribution in [2.45, 2.75) is 37.6 Å². The van der Waals surface area contributed by atoms with Gasteiger partial charge in [0.1, 0.15) is 0 Å². The summed E-state index contributed by atoms with van der Waals surface area (Å²) in [6.07, 6.45) is 3.75. The lowest BCUT2D eigenvalue weighted by Gasteiger charge is -2.38. The Labute approximate surface area is 184 Å². The van der Waals surface area contributed by atoms with Crippen LogP contribution < -0.4 is 5.32 Å². The molecule has 0 unspecified atom stereocenters. The Morgan fingerprint density at radius 2 is 1.70 bits per heavy atom. The maximum atomic E-state index is 12.9. The molecule has 0 saturated carbocycles. The number of nitrogens with one attached hydrogen (secondary N) is 1. The first kappa shape index (κ1) is 21.4. The highest BCUT2D eigenvalue weighted by Gasteiger charge is 2.35. The number of piperidine rings is 1. The molecule has 2 aliphatic rings. The van der Waals surface area contributed by atoms with Gasteiger partial charge in [0.2, 0.25) is 5.91 Å². The molecule has 0 radical (unpaired) electrons. The van der Waals surface area contributed by atoms with Gasteiger partial charge in [-0.3, -0.25) is 9.69 Å². The number of carbonyl (C=O) groups excluding carboxylic acids is 1. The van der Waals surface area contributed by atoms with E-state index in [1.165, 1.54) is 11.1 Å². The number of ether oxygens (including phenoxy) is 1. The molecule has 0 bridgehead atoms. The van der Waals surface area contributed by atoms with Crippen LogP contribution in [0.2, 0.25) is 5.02 Å². The number of likely N-dealkylation sites (tertiary alicyclic amines) is 1. The zero-order chi connectivity index (χ0) is 20.8. The van der Waals surface area contributed by atoms with E-state index in [9.17, 15) is 4.79 Å². The Balaban J connectivity index is 1.29. The van der Waals surface area contributed by atoms with Gasteiger partial charge >= 0.3 is 0 Å². The van der Waals surface area contributed by atoms with Gasteiger partial charge < -0.3 is 10.1 Å². The fourth-order valence-corrected chi connectivity index (χ4v) is 4.85. The van der Waals surface area contributed by atoms with E-state index in [-0.39, 0.29) is 17.2 Å². The van der Waals surface area contributed by atoms with Gasteiger partial charge in [0, 0.05) is 42.7 Å². The van der Waals surface area contributed by atoms with E-state index in [2.05, 4.69) is 46.6 Å². The molecule has 2 heterocycles. The summed E-state index contributed by atoms with van der Waals surface area (Å²) in [5.41, 5.74) is 2.57. The minimum Gasteiger partial charge on any atom is -0.381 e. The van der Waals surface area contributed by atoms with E-state index in [4.69, 9.17) is 16.3 Å². The van der Waals surface area contributed by atoms with Crippen molar-refractivity contribution in [1.82, 2.24) is 10.2 Å². The van der Waals surface area contributed by atoms with Crippen LogP contribution in [0.4, 0.5) is 0 Å². The van der Waals surface area contributed by atoms with E-state index in [0.29, 0.717) is 6.54 Å². The SMILES string of the molecule is O=C(NCC1(c2ccccc2)CCOCC1)C1CCN(Cc2ccc(Cl)cc2)CC1. The lowest BCUT2D eigenvalue weighted by Crippen LogP contribution is -2.47. The number of rotatable bonds is 6. The molecule has 30 heavy (non-hydrogen) atoms. The van der Waals surface area contributed by atoms with Crippen molar-refractivity contribution in [1.29, 1.82) is 0 Å². The second-order valence-corrected chi connectivity index (χ2v) is 9.09. The van der Waals surface area contributed by atoms with Crippen LogP contribution in [-0.4, -0.2) is 43.7 Å². The number of hydrogen-bond donors (Lipinski definition) is 1. The normalized spacial score (nSPS) is 20.0. The maximum absolute atomic E-state index is 12.9. The van der Waals surface area contributed by atoms with Crippen LogP contribution in [0.1, 0.15) is 36.8 Å². The van der Waals surface area contributed by atoms with Crippen molar-refractivity contribution in [3.05, 3.63) is 70.7 Å². The van der Waals surface area contributed by atoms with E-state index in [0.717, 1.165) is 63.6 Å². The molecule has 5 heteroatoms. The standard InChI is InChI=1S/C25H31ClN2O2/c26-23-8-6-20(7-9-23)18-28-14-10-21(11-15-28)24(29)27-19-25(12-16-30-17-13-25)22-4-2-1-3-5-22/h1-9,21H,10-19H2,(H,27,29). The lowest BCUT2D eigenvalue weighted by molar-refractivity contribution is -0.127. The molecule has 160 valence electrons. The fourth-order valence-electron chi connectivity index (χ4n) is 4.72. The van der Waals surface area contributed by atoms with Gasteiger partial charge in [-0.1, -0.05) is 54.1 Å². The van der Waals surface area contributed by atoms with Crippen LogP contribution in [0, 0.1) is 5.92 Å². The number of halogens is 1. The van der Waals surface area contributed by atoms with E-state index in [1.54, 1.807) is 0 Å². The zero-order valence-corrected chi connectivity index (χ0v) is 18.2. The first-order chi connectivity index (χ1) is 14.6. The molecular weight excluding hydrogens is 396 g/mol. The van der Waals surface area contributed by atoms with Crippen LogP contribution in [0.3, 0.4) is 0 Å². The van der Waals surface area contributed by atoms with Gasteiger partial charge in [-0.05, 0) is 62.0 Å². The van der Waals surface area contributed by atoms with Crippen molar-refractivity contribution in [2.24, 2.45) is 5.92 Å². The van der Waals surface area contributed by atoms with Crippen LogP contribution in [0.5, 0.6) is 0 Å². The fraction of sp³-hybridized carbons (Fsp3) is 0.480. The largest absolute Gasteiger partial charge is 0.381 e. The smallest absolute Gasteiger partial charge is 0.223 e. The molecule has 1 amide bonds. The quantitative estimate of drug-likeness (QED) is 0.743. The van der Waals surface area contributed by atoms with E-state index < -0.39 is 0 Å². The maximum Gasteiger partial charge on any atom is 0.223 e. The average Bonchev–Trinajstić information content (AvgIpc) is 2.81. The molecule has 2 aliphatic heterocycles. The summed E-state index contributed by atoms with van der Waals surface area (Å²) in [5.74, 6) is 0.321. The molecule has 1 N–H and O–H groups in total. The highest BCUT2D eigenvalue weighted by molar-refractivity contribution is 6.30. The molecule has 2 aromatic carbocycles. The number of benzene rings is 2. The summed E-state index contributed by atoms with van der Waals surface area (Å²) in [6, 6.07) is 18.6. The number of amides is 1. The number of nitrogens with zero attached hydrogens (tertiary/aromatic N) is 1. The summed E-state index contributed by atoms with van der Waals surface area (Å²) in [5, 5.41) is 4.07. The van der Waals surface area contributed by atoms with Crippen molar-refractivity contribution in [3.63, 3.8) is 0 Å². The molecule has 0 aromatic heterocycles. The summed E-state index contributed by atoms with van der Waals surface area (Å²) in [6.45, 7) is 5.05. The minimum atomic E-state index is -0.00947. The van der Waals surface area contributed by atoms with Gasteiger partial charge in [0.05, 0.1) is 0 Å². The van der Waals surface area contributed by atoms with Gasteiger partial charge in [-0.2, -0.15) is 0 Å². The second kappa shape index (κ2) is 9.95. The second-order valence-electron chi connectivity index (χ2n) is 8.65. The minimum absolute atomic E-state index is 0.00947. The third-order valence-electron chi connectivity index (χ3n) is 6.71. The highest BCUT2D eigenvalue weighted by atomic mass is 35.5. The first-order valence-corrected chi connectivity index (χ1v) is 11.4. The van der Waals surface area contributed by atoms with Crippen LogP contribution in [0.25, 0.3) is 0 Å². The summed E-state index contributed by atoms with van der Waals surface area (Å²) < 4.78 is 5.61. The molecule has 2 aromatic rings. The summed E-state index contributed by atoms with van der Waals surface area (Å²) >= 11 is 5.98. The van der Waals surface area contributed by atoms with E-state index in [1.807, 2.05) is 18.2 Å². The van der Waals surface area contributed by atoms with Crippen LogP contribution >= 0.6 is 11.6 Å². The predicted octanol–water partition coefficient (Wildman–Crippen LogP) is 4.42. The van der Waals surface area contributed by atoms with Crippen LogP contribution in [0.15, 0.2) is 54.6 Å². The number of hydrogen-bond acceptors (Lipinski definition) is 3. The van der Waals surface area contributed by atoms with Gasteiger partial charge in [-0.15, -0.1) is 0 Å². The number of carbonyl (C=O) groups is 1. The molecule has 0 aliphatic carbocycles. The van der Waals surface area contributed by atoms with E-state index >= 15 is 0 Å². The Bertz CT molecular complexity index is 811. The molecule has 4 rings (SSSR count). The Hall–Kier alpha value is -1.88. The van der Waals surface area contributed by atoms with Crippen molar-refractivity contribution < 1.29 is 9.53 Å². The highest BCUT2D eigenvalue weighted by Crippen LogP contribution is 2.34. The monoisotopic (exact) mass is 426 g/mol. The summed E-state index contributed by atoms with van der Waals surface area (Å²) in [7, 11) is 0. The zero-order valence-electron chi connectivity index (χ0n) is 17.5. The van der Waals surface area contributed by atoms with Crippen LogP contribution in [-0.2, 0) is 21.5 Å². The van der Waals surface area contributed by atoms with Crippen molar-refractivity contribution in [2.75, 3.05) is 32.8 Å². The average molecular weight is 427 g/mol. The molecule has 2 fully saturated rings. The molecule has 0 spiro atoms. The lowest BCUT2D eigenvalue weighted by atomic mass is 9.74. The summed E-state index contributed by atoms with van der Waals surface area (Å²) in [4.78, 5) is 15.4. The Morgan fingerprint density at radius 1 is 1.03 bits per heavy atom. The molecule has 4 nitrogen and oxygen atoms in total. The molecule has 2 saturated heterocycles. The third-order valence-corrected chi connectivity index (χ3v) is 6.97. The Morgan fingerprint density at radius 3 is 2.37 bits per heavy atom. The molecule has 0 atom stereocenters. The topological polar surface area (TPSA) is 41.6 Å². The van der Waals surface area contributed by atoms with Gasteiger partial charge in [0.15, 0.2) is 0 Å². The first-order valence-electron chi connectivity index (χ1n) is 11.0. The van der Waals surface area contributed by atoms with Crippen molar-refractivity contribution in [3.8, 4) is 0 Å². The van der Waals surface area contributed by atoms with Gasteiger partial charge in [0.25, 0.3) is 0 Å². The molecular formula is C25H31ClN2O2. The van der Waals surface area contributed by atoms with Crippen molar-refractivity contribution >= 4 is 17.5 Å². The predicted molar refractivity (Wildman–Crippen MR) is 121 cm³/mol. The van der Waals surface area contributed by atoms with Gasteiger partial charge in [-0.25, -0.2) is 0 Å². The third kappa shape index (κ3) is 5.23. The Kier molecular flexibility index (Phi) is 7.08.